The second-order valence-corrected chi connectivity index (χ2v) is 6.30. The van der Waals surface area contributed by atoms with E-state index in [1.165, 1.54) is 16.7 Å². The van der Waals surface area contributed by atoms with E-state index in [0.717, 1.165) is 12.2 Å². The molecule has 1 aromatic rings. The van der Waals surface area contributed by atoms with Crippen LogP contribution >= 0.6 is 11.8 Å². The van der Waals surface area contributed by atoms with Gasteiger partial charge in [-0.25, -0.2) is 9.59 Å². The minimum Gasteiger partial charge on any atom is -0.480 e. The summed E-state index contributed by atoms with van der Waals surface area (Å²) in [7, 11) is 0. The van der Waals surface area contributed by atoms with Crippen molar-refractivity contribution in [2.24, 2.45) is 0 Å². The van der Waals surface area contributed by atoms with Crippen molar-refractivity contribution in [3.63, 3.8) is 0 Å². The highest BCUT2D eigenvalue weighted by Crippen LogP contribution is 2.31. The fraction of sp³-hybridized carbons (Fsp3) is 0.571. The highest BCUT2D eigenvalue weighted by Gasteiger charge is 2.41. The van der Waals surface area contributed by atoms with E-state index in [2.05, 4.69) is 5.32 Å². The van der Waals surface area contributed by atoms with Crippen LogP contribution in [0.5, 0.6) is 0 Å². The van der Waals surface area contributed by atoms with Gasteiger partial charge >= 0.3 is 12.0 Å². The number of carboxylic acid groups (broad SMARTS) is 1. The second kappa shape index (κ2) is 6.89. The van der Waals surface area contributed by atoms with Crippen LogP contribution in [0.3, 0.4) is 0 Å². The summed E-state index contributed by atoms with van der Waals surface area (Å²) in [5.74, 6) is 0.279. The summed E-state index contributed by atoms with van der Waals surface area (Å²) < 4.78 is 5.25. The lowest BCUT2D eigenvalue weighted by molar-refractivity contribution is -0.141. The molecule has 0 saturated carbocycles. The fourth-order valence-corrected chi connectivity index (χ4v) is 3.75. The van der Waals surface area contributed by atoms with E-state index in [1.807, 2.05) is 19.9 Å². The van der Waals surface area contributed by atoms with Crippen molar-refractivity contribution < 1.29 is 19.1 Å². The average molecular weight is 312 g/mol. The lowest BCUT2D eigenvalue weighted by Gasteiger charge is -2.28. The van der Waals surface area contributed by atoms with Crippen molar-refractivity contribution in [2.75, 3.05) is 5.75 Å². The molecule has 0 aliphatic carbocycles. The summed E-state index contributed by atoms with van der Waals surface area (Å²) >= 11 is 1.51. The van der Waals surface area contributed by atoms with Crippen LogP contribution < -0.4 is 5.32 Å². The van der Waals surface area contributed by atoms with Gasteiger partial charge < -0.3 is 14.8 Å². The Labute approximate surface area is 127 Å². The van der Waals surface area contributed by atoms with E-state index in [4.69, 9.17) is 4.42 Å². The van der Waals surface area contributed by atoms with Crippen molar-refractivity contribution in [1.29, 1.82) is 0 Å². The number of amides is 2. The Balaban J connectivity index is 1.98. The Morgan fingerprint density at radius 2 is 2.38 bits per heavy atom. The number of urea groups is 1. The number of carboxylic acids is 1. The van der Waals surface area contributed by atoms with Crippen molar-refractivity contribution in [1.82, 2.24) is 10.2 Å². The summed E-state index contributed by atoms with van der Waals surface area (Å²) in [5, 5.41) is 12.0. The molecule has 3 atom stereocenters. The molecule has 2 N–H and O–H groups in total. The molecule has 0 spiro atoms. The highest BCUT2D eigenvalue weighted by molar-refractivity contribution is 8.00. The summed E-state index contributed by atoms with van der Waals surface area (Å²) in [6.45, 7) is 3.83. The minimum absolute atomic E-state index is 0.0816. The molecular formula is C14H20N2O4S. The van der Waals surface area contributed by atoms with Crippen LogP contribution in [0.15, 0.2) is 22.8 Å². The maximum atomic E-state index is 12.4. The number of thioether (sulfide) groups is 1. The monoisotopic (exact) mass is 312 g/mol. The quantitative estimate of drug-likeness (QED) is 0.870. The first-order valence-electron chi connectivity index (χ1n) is 6.98. The van der Waals surface area contributed by atoms with Crippen LogP contribution in [0.2, 0.25) is 0 Å². The number of carbonyl (C=O) groups is 2. The topological polar surface area (TPSA) is 82.8 Å². The van der Waals surface area contributed by atoms with Crippen LogP contribution in [-0.4, -0.2) is 45.2 Å². The zero-order chi connectivity index (χ0) is 15.4. The lowest BCUT2D eigenvalue weighted by atomic mass is 10.2. The second-order valence-electron chi connectivity index (χ2n) is 5.09. The van der Waals surface area contributed by atoms with E-state index in [-0.39, 0.29) is 17.4 Å². The van der Waals surface area contributed by atoms with Gasteiger partial charge in [0, 0.05) is 18.2 Å². The summed E-state index contributed by atoms with van der Waals surface area (Å²) in [5.41, 5.74) is 0. The molecule has 0 radical (unpaired) electrons. The number of furan rings is 1. The molecule has 0 aromatic carbocycles. The molecule has 1 aliphatic heterocycles. The molecule has 1 aromatic heterocycles. The number of hydrogen-bond donors (Lipinski definition) is 2. The summed E-state index contributed by atoms with van der Waals surface area (Å²) in [6.07, 6.45) is 2.90. The van der Waals surface area contributed by atoms with Crippen molar-refractivity contribution in [2.45, 2.75) is 44.1 Å². The van der Waals surface area contributed by atoms with Gasteiger partial charge in [-0.1, -0.05) is 6.92 Å². The molecule has 6 nitrogen and oxygen atoms in total. The molecular weight excluding hydrogens is 292 g/mol. The van der Waals surface area contributed by atoms with Gasteiger partial charge in [0.05, 0.1) is 11.6 Å². The first-order valence-corrected chi connectivity index (χ1v) is 8.03. The molecule has 2 heterocycles. The van der Waals surface area contributed by atoms with Gasteiger partial charge in [0.2, 0.25) is 0 Å². The van der Waals surface area contributed by atoms with Crippen LogP contribution in [0.4, 0.5) is 4.79 Å². The maximum absolute atomic E-state index is 12.4. The van der Waals surface area contributed by atoms with Gasteiger partial charge in [0.1, 0.15) is 11.8 Å². The number of aliphatic carboxylic acids is 1. The molecule has 0 bridgehead atoms. The number of hydrogen-bond acceptors (Lipinski definition) is 4. The van der Waals surface area contributed by atoms with Crippen molar-refractivity contribution >= 4 is 23.8 Å². The van der Waals surface area contributed by atoms with Gasteiger partial charge in [-0.05, 0) is 25.5 Å². The fourth-order valence-electron chi connectivity index (χ4n) is 2.41. The minimum atomic E-state index is -0.952. The normalized spacial score (nSPS) is 23.0. The zero-order valence-corrected chi connectivity index (χ0v) is 12.9. The van der Waals surface area contributed by atoms with Gasteiger partial charge in [-0.3, -0.25) is 4.90 Å². The van der Waals surface area contributed by atoms with Gasteiger partial charge in [-0.15, -0.1) is 11.8 Å². The average Bonchev–Trinajstić information content (AvgIpc) is 3.06. The van der Waals surface area contributed by atoms with Gasteiger partial charge in [-0.2, -0.15) is 0 Å². The van der Waals surface area contributed by atoms with Crippen molar-refractivity contribution in [3.8, 4) is 0 Å². The van der Waals surface area contributed by atoms with Crippen molar-refractivity contribution in [3.05, 3.63) is 24.2 Å². The Morgan fingerprint density at radius 1 is 1.62 bits per heavy atom. The summed E-state index contributed by atoms with van der Waals surface area (Å²) in [4.78, 5) is 25.1. The zero-order valence-electron chi connectivity index (χ0n) is 12.1. The molecule has 2 rings (SSSR count). The smallest absolute Gasteiger partial charge is 0.327 e. The van der Waals surface area contributed by atoms with Gasteiger partial charge in [0.15, 0.2) is 0 Å². The number of rotatable bonds is 5. The number of nitrogens with one attached hydrogen (secondary N) is 1. The molecule has 1 fully saturated rings. The largest absolute Gasteiger partial charge is 0.480 e. The third-order valence-electron chi connectivity index (χ3n) is 3.42. The van der Waals surface area contributed by atoms with E-state index < -0.39 is 12.0 Å². The van der Waals surface area contributed by atoms with Crippen LogP contribution in [0, 0.1) is 0 Å². The lowest BCUT2D eigenvalue weighted by Crippen LogP contribution is -2.52. The Morgan fingerprint density at radius 3 is 2.95 bits per heavy atom. The first-order chi connectivity index (χ1) is 10.0. The molecule has 21 heavy (non-hydrogen) atoms. The molecule has 116 valence electrons. The predicted molar refractivity (Wildman–Crippen MR) is 80.2 cm³/mol. The third kappa shape index (κ3) is 3.72. The van der Waals surface area contributed by atoms with E-state index >= 15 is 0 Å². The van der Waals surface area contributed by atoms with Crippen LogP contribution in [0.1, 0.15) is 26.0 Å². The highest BCUT2D eigenvalue weighted by atomic mass is 32.2. The molecule has 1 aliphatic rings. The van der Waals surface area contributed by atoms with E-state index in [9.17, 15) is 14.7 Å². The maximum Gasteiger partial charge on any atom is 0.327 e. The van der Waals surface area contributed by atoms with Crippen LogP contribution in [-0.2, 0) is 11.2 Å². The predicted octanol–water partition coefficient (Wildman–Crippen LogP) is 2.16. The molecule has 1 saturated heterocycles. The molecule has 2 amide bonds. The first kappa shape index (κ1) is 15.8. The standard InChI is InChI=1S/C14H20N2O4S/c1-3-12-16(11(8-21-12)13(17)18)14(19)15-9(2)7-10-5-4-6-20-10/h4-6,9,11-12H,3,7-8H2,1-2H3,(H,15,19)(H,17,18). The summed E-state index contributed by atoms with van der Waals surface area (Å²) in [6, 6.07) is 2.45. The Kier molecular flexibility index (Phi) is 5.17. The van der Waals surface area contributed by atoms with E-state index in [1.54, 1.807) is 12.3 Å². The SMILES string of the molecule is CCC1SCC(C(=O)O)N1C(=O)NC(C)Cc1ccco1. The van der Waals surface area contributed by atoms with Crippen LogP contribution in [0.25, 0.3) is 0 Å². The Hall–Kier alpha value is -1.63. The third-order valence-corrected chi connectivity index (χ3v) is 4.87. The Bertz CT molecular complexity index is 491. The van der Waals surface area contributed by atoms with E-state index in [0.29, 0.717) is 12.2 Å². The molecule has 7 heteroatoms. The molecule has 3 unspecified atom stereocenters. The van der Waals surface area contributed by atoms with Gasteiger partial charge in [0.25, 0.3) is 0 Å². The number of nitrogens with zero attached hydrogens (tertiary/aromatic N) is 1. The number of carbonyl (C=O) groups excluding carboxylic acids is 1.